The lowest BCUT2D eigenvalue weighted by atomic mass is 9.69. The fourth-order valence-electron chi connectivity index (χ4n) is 6.30. The van der Waals surface area contributed by atoms with Crippen LogP contribution in [0.25, 0.3) is 0 Å². The van der Waals surface area contributed by atoms with Crippen LogP contribution < -0.4 is 5.48 Å². The van der Waals surface area contributed by atoms with Crippen molar-refractivity contribution in [2.24, 2.45) is 22.7 Å². The summed E-state index contributed by atoms with van der Waals surface area (Å²) in [5, 5.41) is 0. The zero-order chi connectivity index (χ0) is 21.7. The molecule has 4 rings (SSSR count). The maximum atomic E-state index is 13.5. The smallest absolute Gasteiger partial charge is 0.240 e. The van der Waals surface area contributed by atoms with Gasteiger partial charge in [-0.25, -0.2) is 12.7 Å². The monoisotopic (exact) mass is 434 g/mol. The first-order valence-electron chi connectivity index (χ1n) is 11.1. The molecule has 1 amide bonds. The minimum atomic E-state index is -3.60. The first-order valence-corrected chi connectivity index (χ1v) is 12.7. The van der Waals surface area contributed by atoms with Crippen LogP contribution in [-0.2, 0) is 26.3 Å². The number of hydrogen-bond donors (Lipinski definition) is 1. The zero-order valence-electron chi connectivity index (χ0n) is 18.4. The van der Waals surface area contributed by atoms with Crippen molar-refractivity contribution in [1.29, 1.82) is 0 Å². The summed E-state index contributed by atoms with van der Waals surface area (Å²) in [4.78, 5) is 19.1. The van der Waals surface area contributed by atoms with Crippen molar-refractivity contribution in [3.63, 3.8) is 0 Å². The summed E-state index contributed by atoms with van der Waals surface area (Å²) < 4.78 is 27.6. The standard InChI is InChI=1S/C23H34N2O4S/c1-5-19(24-29-14-17-9-7-6-8-10-17)16(2)21(26)25-20-13-18-11-12-23(20,22(18,3)4)15-30(25,27)28/h6-10,16,18-20,24H,5,11-15H2,1-4H3/t16-,18-,19+,20-,23-/m1/s1. The number of benzene rings is 1. The molecule has 0 unspecified atom stereocenters. The summed E-state index contributed by atoms with van der Waals surface area (Å²) in [6, 6.07) is 9.37. The van der Waals surface area contributed by atoms with Crippen LogP contribution in [0.1, 0.15) is 58.9 Å². The Kier molecular flexibility index (Phi) is 5.52. The third-order valence-corrected chi connectivity index (χ3v) is 10.3. The van der Waals surface area contributed by atoms with Gasteiger partial charge in [-0.15, -0.1) is 0 Å². The highest BCUT2D eigenvalue weighted by Gasteiger charge is 2.72. The second kappa shape index (κ2) is 7.61. The van der Waals surface area contributed by atoms with E-state index in [1.165, 1.54) is 4.31 Å². The maximum absolute atomic E-state index is 13.5. The molecular weight excluding hydrogens is 400 g/mol. The molecular formula is C23H34N2O4S. The summed E-state index contributed by atoms with van der Waals surface area (Å²) in [5.74, 6) is -0.166. The van der Waals surface area contributed by atoms with Crippen molar-refractivity contribution < 1.29 is 18.0 Å². The van der Waals surface area contributed by atoms with E-state index in [2.05, 4.69) is 19.3 Å². The SMILES string of the molecule is CC[C@H](NOCc1ccccc1)[C@@H](C)C(=O)N1[C@@H]2C[C@H]3CC[C@]2(CS1(=O)=O)C3(C)C. The van der Waals surface area contributed by atoms with Crippen molar-refractivity contribution in [2.45, 2.75) is 72.1 Å². The van der Waals surface area contributed by atoms with E-state index < -0.39 is 15.9 Å². The highest BCUT2D eigenvalue weighted by molar-refractivity contribution is 7.90. The lowest BCUT2D eigenvalue weighted by Gasteiger charge is -2.37. The number of hydroxylamine groups is 1. The Balaban J connectivity index is 1.47. The summed E-state index contributed by atoms with van der Waals surface area (Å²) in [6.07, 6.45) is 3.45. The maximum Gasteiger partial charge on any atom is 0.240 e. The van der Waals surface area contributed by atoms with Crippen molar-refractivity contribution in [3.05, 3.63) is 35.9 Å². The predicted octanol–water partition coefficient (Wildman–Crippen LogP) is 3.49. The second-order valence-electron chi connectivity index (χ2n) is 9.95. The average Bonchev–Trinajstić information content (AvgIpc) is 3.19. The van der Waals surface area contributed by atoms with Crippen LogP contribution >= 0.6 is 0 Å². The van der Waals surface area contributed by atoms with E-state index in [-0.39, 0.29) is 34.6 Å². The number of nitrogens with one attached hydrogen (secondary N) is 1. The van der Waals surface area contributed by atoms with Gasteiger partial charge in [-0.1, -0.05) is 58.0 Å². The Labute approximate surface area is 180 Å². The molecule has 3 fully saturated rings. The van der Waals surface area contributed by atoms with Gasteiger partial charge < -0.3 is 0 Å². The molecule has 1 heterocycles. The minimum Gasteiger partial charge on any atom is -0.297 e. The molecule has 166 valence electrons. The van der Waals surface area contributed by atoms with Gasteiger partial charge in [-0.05, 0) is 42.6 Å². The Bertz CT molecular complexity index is 901. The number of rotatable bonds is 7. The molecule has 6 nitrogen and oxygen atoms in total. The number of hydrogen-bond acceptors (Lipinski definition) is 5. The average molecular weight is 435 g/mol. The molecule has 1 spiro atoms. The quantitative estimate of drug-likeness (QED) is 0.665. The molecule has 1 N–H and O–H groups in total. The van der Waals surface area contributed by atoms with Crippen LogP contribution in [0.15, 0.2) is 30.3 Å². The topological polar surface area (TPSA) is 75.7 Å². The highest BCUT2D eigenvalue weighted by Crippen LogP contribution is 2.70. The van der Waals surface area contributed by atoms with E-state index in [1.807, 2.05) is 44.2 Å². The van der Waals surface area contributed by atoms with Crippen molar-refractivity contribution in [3.8, 4) is 0 Å². The summed E-state index contributed by atoms with van der Waals surface area (Å²) in [6.45, 7) is 8.58. The second-order valence-corrected chi connectivity index (χ2v) is 11.8. The predicted molar refractivity (Wildman–Crippen MR) is 116 cm³/mol. The van der Waals surface area contributed by atoms with Crippen LogP contribution in [0.3, 0.4) is 0 Å². The van der Waals surface area contributed by atoms with E-state index in [0.29, 0.717) is 18.9 Å². The molecule has 30 heavy (non-hydrogen) atoms. The largest absolute Gasteiger partial charge is 0.297 e. The molecule has 5 atom stereocenters. The van der Waals surface area contributed by atoms with Gasteiger partial charge in [0.1, 0.15) is 0 Å². The molecule has 2 bridgehead atoms. The Morgan fingerprint density at radius 1 is 1.30 bits per heavy atom. The van der Waals surface area contributed by atoms with Crippen LogP contribution in [0.5, 0.6) is 0 Å². The number of sulfonamides is 1. The number of carbonyl (C=O) groups is 1. The minimum absolute atomic E-state index is 0.0375. The zero-order valence-corrected chi connectivity index (χ0v) is 19.2. The van der Waals surface area contributed by atoms with Gasteiger partial charge in [0.25, 0.3) is 0 Å². The lowest BCUT2D eigenvalue weighted by molar-refractivity contribution is -0.135. The van der Waals surface area contributed by atoms with Gasteiger partial charge in [0.15, 0.2) is 0 Å². The van der Waals surface area contributed by atoms with E-state index in [4.69, 9.17) is 4.84 Å². The van der Waals surface area contributed by atoms with Crippen LogP contribution in [-0.4, -0.2) is 36.5 Å². The molecule has 1 saturated heterocycles. The molecule has 1 aromatic rings. The Hall–Kier alpha value is -1.44. The summed E-state index contributed by atoms with van der Waals surface area (Å²) >= 11 is 0. The van der Waals surface area contributed by atoms with E-state index in [1.54, 1.807) is 0 Å². The molecule has 1 aromatic carbocycles. The van der Waals surface area contributed by atoms with E-state index in [9.17, 15) is 13.2 Å². The van der Waals surface area contributed by atoms with Crippen molar-refractivity contribution >= 4 is 15.9 Å². The third-order valence-electron chi connectivity index (χ3n) is 8.38. The number of carbonyl (C=O) groups excluding carboxylic acids is 1. The first kappa shape index (κ1) is 21.8. The first-order chi connectivity index (χ1) is 14.1. The Morgan fingerprint density at radius 2 is 2.00 bits per heavy atom. The molecule has 2 saturated carbocycles. The van der Waals surface area contributed by atoms with Crippen molar-refractivity contribution in [2.75, 3.05) is 5.75 Å². The van der Waals surface area contributed by atoms with E-state index >= 15 is 0 Å². The third kappa shape index (κ3) is 3.21. The fourth-order valence-corrected chi connectivity index (χ4v) is 8.91. The highest BCUT2D eigenvalue weighted by atomic mass is 32.2. The summed E-state index contributed by atoms with van der Waals surface area (Å²) in [5.41, 5.74) is 3.73. The molecule has 1 aliphatic heterocycles. The lowest BCUT2D eigenvalue weighted by Crippen LogP contribution is -2.50. The van der Waals surface area contributed by atoms with Gasteiger partial charge in [0.05, 0.1) is 24.3 Å². The Morgan fingerprint density at radius 3 is 2.63 bits per heavy atom. The molecule has 0 radical (unpaired) electrons. The molecule has 0 aromatic heterocycles. The molecule has 7 heteroatoms. The van der Waals surface area contributed by atoms with Gasteiger partial charge in [-0.3, -0.25) is 9.63 Å². The van der Waals surface area contributed by atoms with E-state index in [0.717, 1.165) is 24.8 Å². The van der Waals surface area contributed by atoms with Gasteiger partial charge in [0, 0.05) is 11.5 Å². The van der Waals surface area contributed by atoms with Gasteiger partial charge in [0.2, 0.25) is 15.9 Å². The van der Waals surface area contributed by atoms with Crippen LogP contribution in [0, 0.1) is 22.7 Å². The normalized spacial score (nSPS) is 32.7. The van der Waals surface area contributed by atoms with Gasteiger partial charge in [-0.2, -0.15) is 5.48 Å². The van der Waals surface area contributed by atoms with Crippen molar-refractivity contribution in [1.82, 2.24) is 9.79 Å². The summed E-state index contributed by atoms with van der Waals surface area (Å²) in [7, 11) is -3.60. The number of nitrogens with zero attached hydrogens (tertiary/aromatic N) is 1. The molecule has 3 aliphatic rings. The van der Waals surface area contributed by atoms with Gasteiger partial charge >= 0.3 is 0 Å². The van der Waals surface area contributed by atoms with Crippen LogP contribution in [0.4, 0.5) is 0 Å². The van der Waals surface area contributed by atoms with Crippen LogP contribution in [0.2, 0.25) is 0 Å². The molecule has 2 aliphatic carbocycles. The fraction of sp³-hybridized carbons (Fsp3) is 0.696. The number of fused-ring (bicyclic) bond motifs is 1. The number of amides is 1.